The van der Waals surface area contributed by atoms with Gasteiger partial charge in [-0.25, -0.2) is 0 Å². The van der Waals surface area contributed by atoms with Gasteiger partial charge in [0.25, 0.3) is 11.1 Å². The molecule has 0 spiro atoms. The largest absolute Gasteiger partial charge is 0.502 e. The molecule has 0 bridgehead atoms. The molecular weight excluding hydrogens is 406 g/mol. The van der Waals surface area contributed by atoms with Crippen molar-refractivity contribution >= 4 is 34.7 Å². The van der Waals surface area contributed by atoms with E-state index in [-0.39, 0.29) is 22.3 Å². The summed E-state index contributed by atoms with van der Waals surface area (Å²) in [5.41, 5.74) is 1.99. The summed E-state index contributed by atoms with van der Waals surface area (Å²) in [6, 6.07) is 6.55. The zero-order valence-corrected chi connectivity index (χ0v) is 16.8. The van der Waals surface area contributed by atoms with Crippen molar-refractivity contribution in [2.75, 3.05) is 0 Å². The molecule has 4 rings (SSSR count). The van der Waals surface area contributed by atoms with Crippen molar-refractivity contribution in [2.24, 2.45) is 0 Å². The summed E-state index contributed by atoms with van der Waals surface area (Å²) in [5, 5.41) is 23.8. The summed E-state index contributed by atoms with van der Waals surface area (Å²) in [7, 11) is 0. The summed E-state index contributed by atoms with van der Waals surface area (Å²) in [6.07, 6.45) is 8.11. The number of imide groups is 1. The van der Waals surface area contributed by atoms with E-state index in [9.17, 15) is 24.8 Å². The van der Waals surface area contributed by atoms with E-state index in [4.69, 9.17) is 0 Å². The van der Waals surface area contributed by atoms with Crippen LogP contribution in [0.2, 0.25) is 0 Å². The van der Waals surface area contributed by atoms with E-state index in [1.54, 1.807) is 24.3 Å². The fourth-order valence-electron chi connectivity index (χ4n) is 3.89. The van der Waals surface area contributed by atoms with E-state index in [2.05, 4.69) is 10.3 Å². The van der Waals surface area contributed by atoms with Gasteiger partial charge < -0.3 is 5.11 Å². The Morgan fingerprint density at radius 3 is 2.57 bits per heavy atom. The Kier molecular flexibility index (Phi) is 5.54. The Labute approximate surface area is 176 Å². The number of carbonyl (C=O) groups is 2. The lowest BCUT2D eigenvalue weighted by Gasteiger charge is -2.23. The van der Waals surface area contributed by atoms with Gasteiger partial charge in [0.05, 0.1) is 15.5 Å². The molecule has 0 atom stereocenters. The number of nitrogens with zero attached hydrogens (tertiary/aromatic N) is 2. The Morgan fingerprint density at radius 2 is 1.97 bits per heavy atom. The molecule has 2 aromatic rings. The Hall–Kier alpha value is -3.20. The number of carbonyl (C=O) groups excluding carboxylic acids is 2. The maximum Gasteiger partial charge on any atom is 0.311 e. The lowest BCUT2D eigenvalue weighted by Crippen LogP contribution is -2.17. The smallest absolute Gasteiger partial charge is 0.311 e. The second-order valence-corrected chi connectivity index (χ2v) is 8.37. The number of nitro benzene ring substituents is 1. The van der Waals surface area contributed by atoms with Gasteiger partial charge in [-0.3, -0.25) is 30.0 Å². The first-order chi connectivity index (χ1) is 14.4. The van der Waals surface area contributed by atoms with Crippen LogP contribution >= 0.6 is 11.8 Å². The lowest BCUT2D eigenvalue weighted by molar-refractivity contribution is -0.385. The number of phenols is 1. The zero-order chi connectivity index (χ0) is 21.3. The maximum atomic E-state index is 11.7. The number of phenolic OH excluding ortho intramolecular Hbond substituents is 1. The molecule has 0 radical (unpaired) electrons. The van der Waals surface area contributed by atoms with Crippen molar-refractivity contribution in [3.63, 3.8) is 0 Å². The fourth-order valence-corrected chi connectivity index (χ4v) is 4.57. The number of thioether (sulfide) groups is 1. The first kappa shape index (κ1) is 20.1. The van der Waals surface area contributed by atoms with Gasteiger partial charge in [0.15, 0.2) is 5.75 Å². The number of rotatable bonds is 4. The summed E-state index contributed by atoms with van der Waals surface area (Å²) in [5.74, 6) is -0.608. The van der Waals surface area contributed by atoms with Gasteiger partial charge in [-0.05, 0) is 54.3 Å². The molecule has 1 aliphatic heterocycles. The van der Waals surface area contributed by atoms with Crippen LogP contribution in [-0.4, -0.2) is 26.2 Å². The number of nitrogens with one attached hydrogen (secondary N) is 1. The van der Waals surface area contributed by atoms with Gasteiger partial charge in [0, 0.05) is 23.4 Å². The number of hydrogen-bond donors (Lipinski definition) is 2. The van der Waals surface area contributed by atoms with Gasteiger partial charge in [0.1, 0.15) is 0 Å². The molecule has 8 nitrogen and oxygen atoms in total. The van der Waals surface area contributed by atoms with Crippen LogP contribution in [0.15, 0.2) is 35.4 Å². The minimum atomic E-state index is -0.573. The van der Waals surface area contributed by atoms with Crippen molar-refractivity contribution in [1.82, 2.24) is 10.3 Å². The number of pyridine rings is 1. The highest BCUT2D eigenvalue weighted by Gasteiger charge is 2.27. The van der Waals surface area contributed by atoms with E-state index in [1.807, 2.05) is 0 Å². The molecule has 2 amide bonds. The number of nitro groups is 1. The number of benzene rings is 1. The average molecular weight is 425 g/mol. The van der Waals surface area contributed by atoms with Gasteiger partial charge >= 0.3 is 5.69 Å². The van der Waals surface area contributed by atoms with Crippen molar-refractivity contribution in [2.45, 2.75) is 38.0 Å². The molecular formula is C21H19N3O5S. The zero-order valence-electron chi connectivity index (χ0n) is 16.0. The summed E-state index contributed by atoms with van der Waals surface area (Å²) < 4.78 is 0. The second kappa shape index (κ2) is 8.27. The SMILES string of the molecule is O=C1NC(=O)C(=Cc2ccc(-c3cc(C4CCCCC4)c(O)c([N+](=O)[O-])c3)nc2)S1. The first-order valence-electron chi connectivity index (χ1n) is 9.65. The predicted octanol–water partition coefficient (Wildman–Crippen LogP) is 4.73. The third kappa shape index (κ3) is 4.06. The molecule has 1 aliphatic carbocycles. The highest BCUT2D eigenvalue weighted by atomic mass is 32.2. The van der Waals surface area contributed by atoms with Crippen LogP contribution in [0, 0.1) is 10.1 Å². The molecule has 9 heteroatoms. The van der Waals surface area contributed by atoms with E-state index in [1.165, 1.54) is 12.3 Å². The van der Waals surface area contributed by atoms with E-state index in [0.29, 0.717) is 22.4 Å². The van der Waals surface area contributed by atoms with Crippen LogP contribution in [0.25, 0.3) is 17.3 Å². The average Bonchev–Trinajstić information content (AvgIpc) is 3.06. The van der Waals surface area contributed by atoms with Crippen molar-refractivity contribution in [3.05, 3.63) is 56.6 Å². The molecule has 1 saturated heterocycles. The number of aromatic nitrogens is 1. The van der Waals surface area contributed by atoms with Crippen LogP contribution < -0.4 is 5.32 Å². The monoisotopic (exact) mass is 425 g/mol. The second-order valence-electron chi connectivity index (χ2n) is 7.35. The number of aromatic hydroxyl groups is 1. The Balaban J connectivity index is 1.68. The minimum absolute atomic E-state index is 0.0943. The molecule has 2 aliphatic rings. The van der Waals surface area contributed by atoms with Crippen LogP contribution in [0.4, 0.5) is 10.5 Å². The standard InChI is InChI=1S/C21H19N3O5S/c25-19-15(13-4-2-1-3-5-13)9-14(10-17(19)24(28)29)16-7-6-12(11-22-16)8-18-20(26)23-21(27)30-18/h6-11,13,25H,1-5H2,(H,23,26,27). The highest BCUT2D eigenvalue weighted by Crippen LogP contribution is 2.43. The molecule has 1 aromatic carbocycles. The molecule has 30 heavy (non-hydrogen) atoms. The van der Waals surface area contributed by atoms with Crippen LogP contribution in [0.5, 0.6) is 5.75 Å². The Morgan fingerprint density at radius 1 is 1.20 bits per heavy atom. The van der Waals surface area contributed by atoms with E-state index >= 15 is 0 Å². The third-order valence-corrected chi connectivity index (χ3v) is 6.19. The summed E-state index contributed by atoms with van der Waals surface area (Å²) in [6.45, 7) is 0. The number of hydrogen-bond acceptors (Lipinski definition) is 7. The third-order valence-electron chi connectivity index (χ3n) is 5.38. The molecule has 154 valence electrons. The number of amides is 2. The van der Waals surface area contributed by atoms with Crippen molar-refractivity contribution < 1.29 is 19.6 Å². The van der Waals surface area contributed by atoms with Gasteiger partial charge in [-0.15, -0.1) is 0 Å². The minimum Gasteiger partial charge on any atom is -0.502 e. The van der Waals surface area contributed by atoms with Crippen molar-refractivity contribution in [3.8, 4) is 17.0 Å². The first-order valence-corrected chi connectivity index (χ1v) is 10.5. The van der Waals surface area contributed by atoms with Gasteiger partial charge in [-0.2, -0.15) is 0 Å². The molecule has 1 saturated carbocycles. The normalized spacial score (nSPS) is 18.6. The summed E-state index contributed by atoms with van der Waals surface area (Å²) in [4.78, 5) is 38.5. The molecule has 1 aromatic heterocycles. The van der Waals surface area contributed by atoms with Crippen molar-refractivity contribution in [1.29, 1.82) is 0 Å². The fraction of sp³-hybridized carbons (Fsp3) is 0.286. The predicted molar refractivity (Wildman–Crippen MR) is 113 cm³/mol. The van der Waals surface area contributed by atoms with Crippen LogP contribution in [-0.2, 0) is 4.79 Å². The van der Waals surface area contributed by atoms with Gasteiger partial charge in [0.2, 0.25) is 0 Å². The quantitative estimate of drug-likeness (QED) is 0.412. The van der Waals surface area contributed by atoms with Crippen LogP contribution in [0.1, 0.15) is 49.1 Å². The van der Waals surface area contributed by atoms with E-state index in [0.717, 1.165) is 43.9 Å². The van der Waals surface area contributed by atoms with Gasteiger partial charge in [-0.1, -0.05) is 25.3 Å². The molecule has 2 N–H and O–H groups in total. The molecule has 2 fully saturated rings. The Bertz CT molecular complexity index is 1060. The molecule has 2 heterocycles. The molecule has 0 unspecified atom stereocenters. The van der Waals surface area contributed by atoms with Crippen LogP contribution in [0.3, 0.4) is 0 Å². The maximum absolute atomic E-state index is 11.7. The topological polar surface area (TPSA) is 122 Å². The summed E-state index contributed by atoms with van der Waals surface area (Å²) >= 11 is 0.825. The lowest BCUT2D eigenvalue weighted by atomic mass is 9.82. The van der Waals surface area contributed by atoms with E-state index < -0.39 is 16.1 Å². The highest BCUT2D eigenvalue weighted by molar-refractivity contribution is 8.18.